The van der Waals surface area contributed by atoms with Crippen LogP contribution in [0.4, 0.5) is 15.8 Å². The molecular formula is C16H21FN2O. The third-order valence-electron chi connectivity index (χ3n) is 4.58. The molecule has 0 radical (unpaired) electrons. The van der Waals surface area contributed by atoms with Crippen molar-refractivity contribution in [3.8, 4) is 0 Å². The fourth-order valence-electron chi connectivity index (χ4n) is 3.33. The molecule has 108 valence electrons. The van der Waals surface area contributed by atoms with Crippen LogP contribution in [0.1, 0.15) is 44.6 Å². The van der Waals surface area contributed by atoms with Crippen LogP contribution in [-0.2, 0) is 11.2 Å². The number of halogens is 1. The van der Waals surface area contributed by atoms with Gasteiger partial charge in [0.1, 0.15) is 5.82 Å². The van der Waals surface area contributed by atoms with Gasteiger partial charge in [-0.15, -0.1) is 0 Å². The van der Waals surface area contributed by atoms with Crippen LogP contribution in [0.3, 0.4) is 0 Å². The SMILES string of the molecule is CC(Nc1cc2c(cc1F)CCC(=O)N2)C1CCCC1. The Morgan fingerprint density at radius 1 is 1.30 bits per heavy atom. The summed E-state index contributed by atoms with van der Waals surface area (Å²) in [5.74, 6) is 0.420. The number of hydrogen-bond acceptors (Lipinski definition) is 2. The molecule has 1 aliphatic heterocycles. The predicted octanol–water partition coefficient (Wildman–Crippen LogP) is 3.70. The molecule has 1 amide bonds. The van der Waals surface area contributed by atoms with Gasteiger partial charge >= 0.3 is 0 Å². The van der Waals surface area contributed by atoms with Crippen molar-refractivity contribution in [2.45, 2.75) is 51.5 Å². The van der Waals surface area contributed by atoms with E-state index in [9.17, 15) is 9.18 Å². The van der Waals surface area contributed by atoms with Gasteiger partial charge in [0, 0.05) is 18.2 Å². The van der Waals surface area contributed by atoms with Gasteiger partial charge in [-0.3, -0.25) is 4.79 Å². The third kappa shape index (κ3) is 2.65. The first-order valence-electron chi connectivity index (χ1n) is 7.52. The molecule has 20 heavy (non-hydrogen) atoms. The first-order chi connectivity index (χ1) is 9.63. The van der Waals surface area contributed by atoms with Gasteiger partial charge in [-0.2, -0.15) is 0 Å². The first kappa shape index (κ1) is 13.4. The van der Waals surface area contributed by atoms with Gasteiger partial charge in [0.25, 0.3) is 0 Å². The lowest BCUT2D eigenvalue weighted by Crippen LogP contribution is -2.25. The molecule has 1 aromatic rings. The Kier molecular flexibility index (Phi) is 3.64. The molecule has 1 unspecified atom stereocenters. The summed E-state index contributed by atoms with van der Waals surface area (Å²) in [4.78, 5) is 11.4. The molecular weight excluding hydrogens is 255 g/mol. The number of anilines is 2. The quantitative estimate of drug-likeness (QED) is 0.883. The number of rotatable bonds is 3. The van der Waals surface area contributed by atoms with Gasteiger partial charge < -0.3 is 10.6 Å². The highest BCUT2D eigenvalue weighted by molar-refractivity contribution is 5.94. The second kappa shape index (κ2) is 5.43. The van der Waals surface area contributed by atoms with Gasteiger partial charge in [0.05, 0.1) is 5.69 Å². The molecule has 0 saturated heterocycles. The monoisotopic (exact) mass is 276 g/mol. The minimum absolute atomic E-state index is 0.0129. The van der Waals surface area contributed by atoms with E-state index >= 15 is 0 Å². The number of carbonyl (C=O) groups excluding carboxylic acids is 1. The van der Waals surface area contributed by atoms with E-state index in [2.05, 4.69) is 17.6 Å². The average Bonchev–Trinajstić information content (AvgIpc) is 2.94. The molecule has 3 rings (SSSR count). The zero-order chi connectivity index (χ0) is 14.1. The summed E-state index contributed by atoms with van der Waals surface area (Å²) < 4.78 is 14.1. The normalized spacial score (nSPS) is 20.4. The molecule has 0 aromatic heterocycles. The lowest BCUT2D eigenvalue weighted by molar-refractivity contribution is -0.116. The van der Waals surface area contributed by atoms with Crippen LogP contribution in [0.25, 0.3) is 0 Å². The maximum Gasteiger partial charge on any atom is 0.224 e. The van der Waals surface area contributed by atoms with Crippen LogP contribution >= 0.6 is 0 Å². The molecule has 1 heterocycles. The van der Waals surface area contributed by atoms with Crippen molar-refractivity contribution in [2.75, 3.05) is 10.6 Å². The fourth-order valence-corrected chi connectivity index (χ4v) is 3.33. The Hall–Kier alpha value is -1.58. The lowest BCUT2D eigenvalue weighted by atomic mass is 9.98. The van der Waals surface area contributed by atoms with Crippen LogP contribution < -0.4 is 10.6 Å². The smallest absolute Gasteiger partial charge is 0.224 e. The van der Waals surface area contributed by atoms with Crippen molar-refractivity contribution in [3.63, 3.8) is 0 Å². The number of hydrogen-bond donors (Lipinski definition) is 2. The van der Waals surface area contributed by atoms with E-state index in [1.807, 2.05) is 0 Å². The summed E-state index contributed by atoms with van der Waals surface area (Å²) in [7, 11) is 0. The van der Waals surface area contributed by atoms with Crippen LogP contribution in [0, 0.1) is 11.7 Å². The van der Waals surface area contributed by atoms with Gasteiger partial charge in [-0.1, -0.05) is 12.8 Å². The van der Waals surface area contributed by atoms with Crippen LogP contribution in [0.5, 0.6) is 0 Å². The Balaban J connectivity index is 1.78. The molecule has 2 N–H and O–H groups in total. The van der Waals surface area contributed by atoms with Crippen molar-refractivity contribution in [1.29, 1.82) is 0 Å². The molecule has 0 bridgehead atoms. The summed E-state index contributed by atoms with van der Waals surface area (Å²) in [6.45, 7) is 2.12. The van der Waals surface area contributed by atoms with Gasteiger partial charge in [-0.05, 0) is 49.8 Å². The zero-order valence-corrected chi connectivity index (χ0v) is 11.8. The Bertz CT molecular complexity index is 523. The summed E-state index contributed by atoms with van der Waals surface area (Å²) in [5, 5.41) is 6.12. The maximum atomic E-state index is 14.1. The highest BCUT2D eigenvalue weighted by atomic mass is 19.1. The van der Waals surface area contributed by atoms with E-state index in [1.54, 1.807) is 12.1 Å². The topological polar surface area (TPSA) is 41.1 Å². The lowest BCUT2D eigenvalue weighted by Gasteiger charge is -2.24. The highest BCUT2D eigenvalue weighted by Gasteiger charge is 2.23. The molecule has 4 heteroatoms. The summed E-state index contributed by atoms with van der Waals surface area (Å²) in [6.07, 6.45) is 6.06. The summed E-state index contributed by atoms with van der Waals surface area (Å²) in [6, 6.07) is 3.57. The van der Waals surface area contributed by atoms with E-state index in [4.69, 9.17) is 0 Å². The van der Waals surface area contributed by atoms with E-state index in [0.717, 1.165) is 11.3 Å². The van der Waals surface area contributed by atoms with E-state index < -0.39 is 0 Å². The second-order valence-electron chi connectivity index (χ2n) is 6.01. The minimum atomic E-state index is -0.218. The van der Waals surface area contributed by atoms with Gasteiger partial charge in [-0.25, -0.2) is 4.39 Å². The Morgan fingerprint density at radius 3 is 2.80 bits per heavy atom. The fraction of sp³-hybridized carbons (Fsp3) is 0.562. The zero-order valence-electron chi connectivity index (χ0n) is 11.8. The Labute approximate surface area is 118 Å². The predicted molar refractivity (Wildman–Crippen MR) is 78.4 cm³/mol. The molecule has 2 aliphatic rings. The van der Waals surface area contributed by atoms with Gasteiger partial charge in [0.2, 0.25) is 5.91 Å². The average molecular weight is 276 g/mol. The van der Waals surface area contributed by atoms with Gasteiger partial charge in [0.15, 0.2) is 0 Å². The van der Waals surface area contributed by atoms with Crippen LogP contribution in [-0.4, -0.2) is 11.9 Å². The number of nitrogens with one attached hydrogen (secondary N) is 2. The van der Waals surface area contributed by atoms with Crippen LogP contribution in [0.15, 0.2) is 12.1 Å². The minimum Gasteiger partial charge on any atom is -0.380 e. The second-order valence-corrected chi connectivity index (χ2v) is 6.01. The van der Waals surface area contributed by atoms with E-state index in [1.165, 1.54) is 25.7 Å². The third-order valence-corrected chi connectivity index (χ3v) is 4.58. The van der Waals surface area contributed by atoms with Crippen molar-refractivity contribution < 1.29 is 9.18 Å². The van der Waals surface area contributed by atoms with Crippen molar-refractivity contribution in [1.82, 2.24) is 0 Å². The molecule has 1 aliphatic carbocycles. The van der Waals surface area contributed by atoms with E-state index in [-0.39, 0.29) is 17.8 Å². The molecule has 1 aromatic carbocycles. The Morgan fingerprint density at radius 2 is 2.05 bits per heavy atom. The number of aryl methyl sites for hydroxylation is 1. The standard InChI is InChI=1S/C16H21FN2O/c1-10(11-4-2-3-5-11)18-15-9-14-12(8-13(15)17)6-7-16(20)19-14/h8-11,18H,2-7H2,1H3,(H,19,20). The van der Waals surface area contributed by atoms with Crippen LogP contribution in [0.2, 0.25) is 0 Å². The number of amides is 1. The molecule has 1 atom stereocenters. The summed E-state index contributed by atoms with van der Waals surface area (Å²) >= 11 is 0. The highest BCUT2D eigenvalue weighted by Crippen LogP contribution is 2.32. The van der Waals surface area contributed by atoms with E-state index in [0.29, 0.717) is 24.4 Å². The summed E-state index contributed by atoms with van der Waals surface area (Å²) in [5.41, 5.74) is 2.15. The molecule has 1 fully saturated rings. The largest absolute Gasteiger partial charge is 0.380 e. The maximum absolute atomic E-state index is 14.1. The van der Waals surface area contributed by atoms with Crippen molar-refractivity contribution >= 4 is 17.3 Å². The van der Waals surface area contributed by atoms with Crippen molar-refractivity contribution in [3.05, 3.63) is 23.5 Å². The number of carbonyl (C=O) groups is 1. The number of benzene rings is 1. The molecule has 0 spiro atoms. The molecule has 1 saturated carbocycles. The van der Waals surface area contributed by atoms with Crippen molar-refractivity contribution in [2.24, 2.45) is 5.92 Å². The molecule has 3 nitrogen and oxygen atoms in total. The first-order valence-corrected chi connectivity index (χ1v) is 7.52. The number of fused-ring (bicyclic) bond motifs is 1.